The molecule has 0 aliphatic rings. The predicted molar refractivity (Wildman–Crippen MR) is 221 cm³/mol. The zero-order valence-corrected chi connectivity index (χ0v) is 34.3. The van der Waals surface area contributed by atoms with Gasteiger partial charge in [-0.15, -0.1) is 30.3 Å². The Kier molecular flexibility index (Phi) is 17.0. The molecule has 63 heavy (non-hydrogen) atoms. The number of hydrogen-bond acceptors (Lipinski definition) is 21. The first-order chi connectivity index (χ1) is 29.9. The average molecular weight is 909 g/mol. The van der Waals surface area contributed by atoms with E-state index in [9.17, 15) is 49.5 Å². The third-order valence-corrected chi connectivity index (χ3v) is 8.47. The van der Waals surface area contributed by atoms with Gasteiger partial charge in [-0.3, -0.25) is 9.59 Å². The van der Waals surface area contributed by atoms with Crippen molar-refractivity contribution in [1.82, 2.24) is 0 Å². The first kappa shape index (κ1) is 47.6. The summed E-state index contributed by atoms with van der Waals surface area (Å²) in [6, 6.07) is 19.0. The second kappa shape index (κ2) is 22.5. The lowest BCUT2D eigenvalue weighted by Gasteiger charge is -2.14. The minimum absolute atomic E-state index is 0.0315. The van der Waals surface area contributed by atoms with Crippen molar-refractivity contribution in [3.8, 4) is 23.0 Å². The summed E-state index contributed by atoms with van der Waals surface area (Å²) in [5.74, 6) is -4.98. The molecule has 0 saturated heterocycles. The van der Waals surface area contributed by atoms with E-state index in [2.05, 4.69) is 24.7 Å². The van der Waals surface area contributed by atoms with Crippen LogP contribution in [0.3, 0.4) is 0 Å². The van der Waals surface area contributed by atoms with Gasteiger partial charge in [-0.25, -0.2) is 9.59 Å². The van der Waals surface area contributed by atoms with Crippen LogP contribution in [0, 0.1) is 30.3 Å². The number of nitrogens with two attached hydrogens (primary N) is 1. The van der Waals surface area contributed by atoms with Crippen molar-refractivity contribution in [2.45, 2.75) is 45.3 Å². The van der Waals surface area contributed by atoms with Crippen molar-refractivity contribution in [3.05, 3.63) is 138 Å². The zero-order valence-electron chi connectivity index (χ0n) is 32.6. The molecule has 0 fully saturated rings. The van der Waals surface area contributed by atoms with Crippen LogP contribution in [-0.4, -0.2) is 67.8 Å². The molecule has 0 amide bonds. The normalized spacial score (nSPS) is 11.6. The van der Waals surface area contributed by atoms with Gasteiger partial charge in [0.1, 0.15) is 57.9 Å². The van der Waals surface area contributed by atoms with Crippen molar-refractivity contribution in [3.63, 3.8) is 0 Å². The molecule has 0 saturated carbocycles. The predicted octanol–water partition coefficient (Wildman–Crippen LogP) is 6.28. The molecule has 0 aliphatic carbocycles. The molecule has 4 aromatic rings. The Morgan fingerprint density at radius 1 is 0.635 bits per heavy atom. The van der Waals surface area contributed by atoms with E-state index in [1.165, 1.54) is 54.6 Å². The SMILES string of the molecule is CCC(CC(=O)Oc1ccc(N=Nc2ccc(OC(=O)CC(CO[N+](=O)[O-])O[N+](=O)[O-])c(C(=O)Oc3ccc(C(C)=S)cc3)c2)cc1C(=O)Oc1ccc(C(N)=S)cc1)O[N+](=O)[O-]. The second-order valence-electron chi connectivity index (χ2n) is 12.5. The highest BCUT2D eigenvalue weighted by molar-refractivity contribution is 7.81. The molecule has 25 heteroatoms. The molecular weight excluding hydrogens is 877 g/mol. The highest BCUT2D eigenvalue weighted by Crippen LogP contribution is 2.31. The highest BCUT2D eigenvalue weighted by Gasteiger charge is 2.25. The Morgan fingerprint density at radius 3 is 1.46 bits per heavy atom. The summed E-state index contributed by atoms with van der Waals surface area (Å²) in [6.45, 7) is 2.24. The van der Waals surface area contributed by atoms with Crippen LogP contribution in [0.1, 0.15) is 65.0 Å². The van der Waals surface area contributed by atoms with E-state index in [1.54, 1.807) is 26.0 Å². The van der Waals surface area contributed by atoms with E-state index < -0.39 is 82.1 Å². The molecule has 0 heterocycles. The highest BCUT2D eigenvalue weighted by atomic mass is 32.1. The summed E-state index contributed by atoms with van der Waals surface area (Å²) in [4.78, 5) is 98.6. The number of nitrogens with zero attached hydrogens (tertiary/aromatic N) is 5. The third kappa shape index (κ3) is 15.2. The van der Waals surface area contributed by atoms with E-state index in [4.69, 9.17) is 49.1 Å². The quantitative estimate of drug-likeness (QED) is 0.0172. The molecule has 0 aromatic heterocycles. The number of benzene rings is 4. The Hall–Kier alpha value is -8.06. The molecule has 4 aromatic carbocycles. The summed E-state index contributed by atoms with van der Waals surface area (Å²) >= 11 is 10.1. The zero-order chi connectivity index (χ0) is 46.2. The second-order valence-corrected chi connectivity index (χ2v) is 13.5. The Balaban J connectivity index is 1.68. The molecule has 0 bridgehead atoms. The first-order valence-electron chi connectivity index (χ1n) is 17.9. The monoisotopic (exact) mass is 908 g/mol. The van der Waals surface area contributed by atoms with Gasteiger partial charge >= 0.3 is 23.9 Å². The number of carbonyl (C=O) groups excluding carboxylic acids is 4. The van der Waals surface area contributed by atoms with Crippen molar-refractivity contribution < 1.29 is 67.9 Å². The van der Waals surface area contributed by atoms with Gasteiger partial charge < -0.3 is 39.2 Å². The number of thiocarbonyl (C=S) groups is 2. The fourth-order valence-electron chi connectivity index (χ4n) is 5.01. The van der Waals surface area contributed by atoms with Gasteiger partial charge in [-0.05, 0) is 91.7 Å². The van der Waals surface area contributed by atoms with Gasteiger partial charge in [-0.1, -0.05) is 43.5 Å². The lowest BCUT2D eigenvalue weighted by atomic mass is 10.1. The van der Waals surface area contributed by atoms with Crippen LogP contribution in [0.2, 0.25) is 0 Å². The van der Waals surface area contributed by atoms with Crippen LogP contribution in [0.15, 0.2) is 95.2 Å². The fraction of sp³-hybridized carbons (Fsp3) is 0.211. The Morgan fingerprint density at radius 2 is 1.06 bits per heavy atom. The number of carbonyl (C=O) groups is 4. The lowest BCUT2D eigenvalue weighted by molar-refractivity contribution is -0.789. The molecule has 2 N–H and O–H groups in total. The van der Waals surface area contributed by atoms with Gasteiger partial charge in [0.2, 0.25) is 0 Å². The van der Waals surface area contributed by atoms with E-state index in [-0.39, 0.29) is 45.6 Å². The Labute approximate surface area is 364 Å². The molecule has 4 rings (SSSR count). The maximum absolute atomic E-state index is 13.5. The molecule has 2 atom stereocenters. The Bertz CT molecular complexity index is 2450. The van der Waals surface area contributed by atoms with E-state index in [0.717, 1.165) is 18.2 Å². The minimum Gasteiger partial charge on any atom is -0.426 e. The summed E-state index contributed by atoms with van der Waals surface area (Å²) in [5, 5.41) is 37.0. The van der Waals surface area contributed by atoms with Gasteiger partial charge in [0.15, 0.2) is 0 Å². The van der Waals surface area contributed by atoms with Gasteiger partial charge in [0.25, 0.3) is 15.3 Å². The van der Waals surface area contributed by atoms with Gasteiger partial charge in [-0.2, -0.15) is 10.2 Å². The largest absolute Gasteiger partial charge is 0.426 e. The van der Waals surface area contributed by atoms with E-state index >= 15 is 0 Å². The van der Waals surface area contributed by atoms with Gasteiger partial charge in [0.05, 0.1) is 24.2 Å². The standard InChI is InChI=1S/C38H32N6O17S2/c1-3-26(60-43(51)52)18-34(45)58-32-14-8-24(16-30(32)38(48)57-28-12-6-23(7-13-28)36(39)63)40-41-25-9-15-33(59-35(46)19-29(61-44(53)54)20-55-42(49)50)31(17-25)37(47)56-27-10-4-22(5-11-27)21(2)62/h4-17,26,29H,3,18-20H2,1-2H3,(H2,39,63). The molecule has 23 nitrogen and oxygen atoms in total. The molecule has 0 spiro atoms. The molecule has 0 radical (unpaired) electrons. The van der Waals surface area contributed by atoms with Crippen LogP contribution < -0.4 is 24.7 Å². The van der Waals surface area contributed by atoms with Crippen LogP contribution in [0.4, 0.5) is 11.4 Å². The van der Waals surface area contributed by atoms with Crippen LogP contribution >= 0.6 is 24.4 Å². The smallest absolute Gasteiger partial charge is 0.347 e. The molecule has 0 aliphatic heterocycles. The van der Waals surface area contributed by atoms with Crippen LogP contribution in [0.5, 0.6) is 23.0 Å². The van der Waals surface area contributed by atoms with Crippen molar-refractivity contribution in [2.24, 2.45) is 16.0 Å². The molecule has 2 unspecified atom stereocenters. The number of azo groups is 1. The topological polar surface area (TPSA) is 313 Å². The van der Waals surface area contributed by atoms with Crippen LogP contribution in [0.25, 0.3) is 0 Å². The summed E-state index contributed by atoms with van der Waals surface area (Å²) in [5.41, 5.74) is 5.95. The van der Waals surface area contributed by atoms with Crippen molar-refractivity contribution in [1.29, 1.82) is 0 Å². The first-order valence-corrected chi connectivity index (χ1v) is 18.7. The number of esters is 4. The van der Waals surface area contributed by atoms with E-state index in [1.807, 2.05) is 0 Å². The summed E-state index contributed by atoms with van der Waals surface area (Å²) in [6.07, 6.45) is -4.32. The minimum atomic E-state index is -1.77. The molecule has 328 valence electrons. The summed E-state index contributed by atoms with van der Waals surface area (Å²) < 4.78 is 21.6. The van der Waals surface area contributed by atoms with E-state index in [0.29, 0.717) is 16.0 Å². The number of ether oxygens (including phenoxy) is 4. The van der Waals surface area contributed by atoms with Crippen LogP contribution in [-0.2, 0) is 24.1 Å². The number of rotatable bonds is 22. The summed E-state index contributed by atoms with van der Waals surface area (Å²) in [7, 11) is 0. The van der Waals surface area contributed by atoms with Gasteiger partial charge in [0, 0.05) is 10.4 Å². The lowest BCUT2D eigenvalue weighted by Crippen LogP contribution is -2.29. The number of hydrogen-bond donors (Lipinski definition) is 1. The fourth-order valence-corrected chi connectivity index (χ4v) is 5.28. The third-order valence-electron chi connectivity index (χ3n) is 8.00. The average Bonchev–Trinajstić information content (AvgIpc) is 3.22. The molecular formula is C38H32N6O17S2. The van der Waals surface area contributed by atoms with Crippen molar-refractivity contribution >= 4 is 69.5 Å². The van der Waals surface area contributed by atoms with Crippen molar-refractivity contribution in [2.75, 3.05) is 6.61 Å². The maximum Gasteiger partial charge on any atom is 0.347 e. The maximum atomic E-state index is 13.5.